The highest BCUT2D eigenvalue weighted by Crippen LogP contribution is 2.31. The molecule has 1 aromatic carbocycles. The van der Waals surface area contributed by atoms with Crippen LogP contribution in [0.25, 0.3) is 11.0 Å². The molecule has 0 saturated heterocycles. The lowest BCUT2D eigenvalue weighted by molar-refractivity contribution is 0.171. The normalized spacial score (nSPS) is 15.6. The molecule has 2 aliphatic rings. The third-order valence-electron chi connectivity index (χ3n) is 5.27. The standard InChI is InChI=1S/C20H19N3O4/c24-19-17-14-4-2-1-3-13(14)10-21-18(17)23(20(25)22-19)11-12-5-6-15-16(9-12)27-8-7-26-15/h5-6,9-10H,1-4,7-8,11H2,(H,22,24,25). The van der Waals surface area contributed by atoms with Crippen LogP contribution in [0.5, 0.6) is 11.5 Å². The van der Waals surface area contributed by atoms with Crippen LogP contribution in [0.2, 0.25) is 0 Å². The Morgan fingerprint density at radius 2 is 1.89 bits per heavy atom. The largest absolute Gasteiger partial charge is 0.486 e. The van der Waals surface area contributed by atoms with Crippen LogP contribution < -0.4 is 20.7 Å². The zero-order valence-corrected chi connectivity index (χ0v) is 14.8. The van der Waals surface area contributed by atoms with E-state index in [1.165, 1.54) is 4.57 Å². The molecule has 7 heteroatoms. The summed E-state index contributed by atoms with van der Waals surface area (Å²) < 4.78 is 12.7. The van der Waals surface area contributed by atoms with Crippen LogP contribution in [0, 0.1) is 0 Å². The molecule has 1 aliphatic heterocycles. The van der Waals surface area contributed by atoms with Gasteiger partial charge in [0.15, 0.2) is 11.5 Å². The number of fused-ring (bicyclic) bond motifs is 4. The van der Waals surface area contributed by atoms with Crippen molar-refractivity contribution in [3.63, 3.8) is 0 Å². The Hall–Kier alpha value is -3.09. The molecule has 0 fully saturated rings. The van der Waals surface area contributed by atoms with Gasteiger partial charge in [0, 0.05) is 6.20 Å². The van der Waals surface area contributed by atoms with E-state index in [-0.39, 0.29) is 5.56 Å². The molecule has 138 valence electrons. The van der Waals surface area contributed by atoms with Gasteiger partial charge in [0.2, 0.25) is 0 Å². The highest BCUT2D eigenvalue weighted by molar-refractivity contribution is 5.79. The van der Waals surface area contributed by atoms with Crippen LogP contribution in [0.4, 0.5) is 0 Å². The number of hydrogen-bond acceptors (Lipinski definition) is 5. The second-order valence-electron chi connectivity index (χ2n) is 6.99. The van der Waals surface area contributed by atoms with E-state index in [2.05, 4.69) is 9.97 Å². The van der Waals surface area contributed by atoms with Crippen molar-refractivity contribution in [3.05, 3.63) is 61.9 Å². The van der Waals surface area contributed by atoms with Gasteiger partial charge in [-0.2, -0.15) is 0 Å². The molecule has 1 N–H and O–H groups in total. The topological polar surface area (TPSA) is 86.2 Å². The van der Waals surface area contributed by atoms with Gasteiger partial charge in [0.05, 0.1) is 11.9 Å². The van der Waals surface area contributed by atoms with Crippen molar-refractivity contribution >= 4 is 11.0 Å². The van der Waals surface area contributed by atoms with Gasteiger partial charge in [-0.05, 0) is 54.5 Å². The van der Waals surface area contributed by atoms with Gasteiger partial charge in [-0.25, -0.2) is 9.78 Å². The van der Waals surface area contributed by atoms with E-state index in [0.29, 0.717) is 42.3 Å². The summed E-state index contributed by atoms with van der Waals surface area (Å²) in [6.45, 7) is 1.34. The van der Waals surface area contributed by atoms with E-state index in [0.717, 1.165) is 42.4 Å². The predicted octanol–water partition coefficient (Wildman–Crippen LogP) is 1.78. The van der Waals surface area contributed by atoms with E-state index in [9.17, 15) is 9.59 Å². The van der Waals surface area contributed by atoms with Crippen LogP contribution in [-0.4, -0.2) is 27.7 Å². The summed E-state index contributed by atoms with van der Waals surface area (Å²) in [7, 11) is 0. The molecule has 0 bridgehead atoms. The van der Waals surface area contributed by atoms with Crippen LogP contribution in [0.3, 0.4) is 0 Å². The Morgan fingerprint density at radius 1 is 1.07 bits per heavy atom. The van der Waals surface area contributed by atoms with Gasteiger partial charge in [-0.1, -0.05) is 6.07 Å². The third-order valence-corrected chi connectivity index (χ3v) is 5.27. The molecular weight excluding hydrogens is 346 g/mol. The molecular formula is C20H19N3O4. The quantitative estimate of drug-likeness (QED) is 0.748. The third kappa shape index (κ3) is 2.70. The van der Waals surface area contributed by atoms with Crippen molar-refractivity contribution in [1.29, 1.82) is 0 Å². The number of hydrogen-bond donors (Lipinski definition) is 1. The minimum Gasteiger partial charge on any atom is -0.486 e. The Balaban J connectivity index is 1.65. The highest BCUT2D eigenvalue weighted by atomic mass is 16.6. The van der Waals surface area contributed by atoms with Crippen molar-refractivity contribution in [2.45, 2.75) is 32.2 Å². The molecule has 0 amide bonds. The molecule has 0 spiro atoms. The van der Waals surface area contributed by atoms with E-state index in [1.807, 2.05) is 24.4 Å². The summed E-state index contributed by atoms with van der Waals surface area (Å²) in [6.07, 6.45) is 5.75. The van der Waals surface area contributed by atoms with Gasteiger partial charge in [0.1, 0.15) is 18.9 Å². The summed E-state index contributed by atoms with van der Waals surface area (Å²) in [4.78, 5) is 32.0. The lowest BCUT2D eigenvalue weighted by atomic mass is 9.91. The van der Waals surface area contributed by atoms with Gasteiger partial charge in [-0.3, -0.25) is 14.3 Å². The first kappa shape index (κ1) is 16.1. The second kappa shape index (κ2) is 6.26. The Morgan fingerprint density at radius 3 is 2.78 bits per heavy atom. The molecule has 0 saturated carbocycles. The lowest BCUT2D eigenvalue weighted by Crippen LogP contribution is -2.32. The first-order chi connectivity index (χ1) is 13.2. The number of ether oxygens (including phenoxy) is 2. The predicted molar refractivity (Wildman–Crippen MR) is 99.8 cm³/mol. The minimum atomic E-state index is -0.453. The number of nitrogens with zero attached hydrogens (tertiary/aromatic N) is 2. The number of pyridine rings is 1. The molecule has 3 aromatic rings. The first-order valence-electron chi connectivity index (χ1n) is 9.23. The molecule has 27 heavy (non-hydrogen) atoms. The number of nitrogens with one attached hydrogen (secondary N) is 1. The molecule has 1 aliphatic carbocycles. The zero-order chi connectivity index (χ0) is 18.4. The smallest absolute Gasteiger partial charge is 0.330 e. The Bertz CT molecular complexity index is 1160. The fraction of sp³-hybridized carbons (Fsp3) is 0.350. The van der Waals surface area contributed by atoms with E-state index in [1.54, 1.807) is 0 Å². The summed E-state index contributed by atoms with van der Waals surface area (Å²) in [5, 5.41) is 0.546. The molecule has 5 rings (SSSR count). The van der Waals surface area contributed by atoms with Gasteiger partial charge in [0.25, 0.3) is 5.56 Å². The van der Waals surface area contributed by atoms with E-state index in [4.69, 9.17) is 9.47 Å². The van der Waals surface area contributed by atoms with Crippen molar-refractivity contribution in [1.82, 2.24) is 14.5 Å². The maximum atomic E-state index is 12.5. The highest BCUT2D eigenvalue weighted by Gasteiger charge is 2.19. The fourth-order valence-electron chi connectivity index (χ4n) is 3.98. The van der Waals surface area contributed by atoms with Gasteiger partial charge >= 0.3 is 5.69 Å². The monoisotopic (exact) mass is 365 g/mol. The molecule has 0 unspecified atom stereocenters. The minimum absolute atomic E-state index is 0.300. The number of aromatic amines is 1. The molecule has 7 nitrogen and oxygen atoms in total. The van der Waals surface area contributed by atoms with Crippen LogP contribution in [-0.2, 0) is 19.4 Å². The van der Waals surface area contributed by atoms with Crippen molar-refractivity contribution < 1.29 is 9.47 Å². The maximum absolute atomic E-state index is 12.5. The average molecular weight is 365 g/mol. The number of aromatic nitrogens is 3. The van der Waals surface area contributed by atoms with Gasteiger partial charge < -0.3 is 9.47 Å². The van der Waals surface area contributed by atoms with Gasteiger partial charge in [-0.15, -0.1) is 0 Å². The lowest BCUT2D eigenvalue weighted by Gasteiger charge is -2.20. The van der Waals surface area contributed by atoms with Crippen LogP contribution in [0.1, 0.15) is 29.5 Å². The number of benzene rings is 1. The Kier molecular flexibility index (Phi) is 3.74. The number of H-pyrrole nitrogens is 1. The summed E-state index contributed by atoms with van der Waals surface area (Å²) in [6, 6.07) is 5.61. The van der Waals surface area contributed by atoms with Crippen molar-refractivity contribution in [2.24, 2.45) is 0 Å². The first-order valence-corrected chi connectivity index (χ1v) is 9.23. The summed E-state index contributed by atoms with van der Waals surface area (Å²) in [5.41, 5.74) is 2.67. The van der Waals surface area contributed by atoms with E-state index < -0.39 is 5.69 Å². The second-order valence-corrected chi connectivity index (χ2v) is 6.99. The Labute approximate surface area is 154 Å². The van der Waals surface area contributed by atoms with Crippen molar-refractivity contribution in [2.75, 3.05) is 13.2 Å². The maximum Gasteiger partial charge on any atom is 0.330 e. The summed E-state index contributed by atoms with van der Waals surface area (Å²) in [5.74, 6) is 1.38. The van der Waals surface area contributed by atoms with Crippen LogP contribution >= 0.6 is 0 Å². The zero-order valence-electron chi connectivity index (χ0n) is 14.8. The molecule has 0 atom stereocenters. The van der Waals surface area contributed by atoms with E-state index >= 15 is 0 Å². The molecule has 2 aromatic heterocycles. The average Bonchev–Trinajstić information content (AvgIpc) is 2.70. The van der Waals surface area contributed by atoms with Crippen LogP contribution in [0.15, 0.2) is 34.0 Å². The molecule has 3 heterocycles. The summed E-state index contributed by atoms with van der Waals surface area (Å²) >= 11 is 0. The number of rotatable bonds is 2. The number of aryl methyl sites for hydroxylation is 2. The SMILES string of the molecule is O=c1[nH]c(=O)n(Cc2ccc3c(c2)OCCO3)c2ncc3c(c12)CCCC3. The fourth-order valence-corrected chi connectivity index (χ4v) is 3.98. The van der Waals surface area contributed by atoms with Crippen molar-refractivity contribution in [3.8, 4) is 11.5 Å². The molecule has 0 radical (unpaired) electrons.